The van der Waals surface area contributed by atoms with E-state index in [0.717, 1.165) is 5.39 Å². The zero-order valence-electron chi connectivity index (χ0n) is 36.5. The molecule has 76 heavy (non-hydrogen) atoms. The number of carbonyl (C=O) groups is 3. The number of carbonyl (C=O) groups excluding carboxylic acids is 2. The molecule has 8 aromatic rings. The van der Waals surface area contributed by atoms with Crippen LogP contribution >= 0.6 is 0 Å². The number of esters is 1. The molecule has 7 aromatic carbocycles. The standard InChI is InChI=1S/C25H17NO5.C24BF20/c27-23(18-8-2-1-3-9-18)16-26-21-12-5-4-7-17(21)13-14-22(26)25(30)31-20-11-6-10-19(15-20)24(28)29;26-5-1(6(27)14(35)21(42)13(5)34)25(2-7(28)15(36)22(43)16(37)8(2)29,3-9(30)17(38)23(44)18(39)10(3)31)4-11(32)19(40)24(45)20(41)12(4)33/h1-15H,16H2;/q;-1/p+1. The second-order valence-corrected chi connectivity index (χ2v) is 15.7. The summed E-state index contributed by atoms with van der Waals surface area (Å²) in [5.41, 5.74) is -12.9. The third-order valence-corrected chi connectivity index (χ3v) is 11.5. The Bertz CT molecular complexity index is 3370. The van der Waals surface area contributed by atoms with Crippen molar-refractivity contribution >= 4 is 56.6 Å². The van der Waals surface area contributed by atoms with Crippen molar-refractivity contribution in [3.05, 3.63) is 224 Å². The summed E-state index contributed by atoms with van der Waals surface area (Å²) < 4.78 is 301. The van der Waals surface area contributed by atoms with E-state index in [2.05, 4.69) is 0 Å². The Morgan fingerprint density at radius 2 is 0.737 bits per heavy atom. The van der Waals surface area contributed by atoms with Gasteiger partial charge in [-0.1, -0.05) is 48.5 Å². The minimum absolute atomic E-state index is 0.0101. The van der Waals surface area contributed by atoms with E-state index in [-0.39, 0.29) is 29.3 Å². The van der Waals surface area contributed by atoms with Gasteiger partial charge in [0.05, 0.1) is 5.56 Å². The summed E-state index contributed by atoms with van der Waals surface area (Å²) in [4.78, 5) is 37.0. The quantitative estimate of drug-likeness (QED) is 0.0216. The lowest BCUT2D eigenvalue weighted by Crippen LogP contribution is -2.81. The average Bonchev–Trinajstić information content (AvgIpc) is 3.47. The van der Waals surface area contributed by atoms with Crippen LogP contribution in [0.1, 0.15) is 31.2 Å². The molecule has 0 unspecified atom stereocenters. The van der Waals surface area contributed by atoms with Gasteiger partial charge in [-0.25, -0.2) is 97.4 Å². The molecule has 0 saturated heterocycles. The maximum Gasteiger partial charge on any atom is 0.409 e. The highest BCUT2D eigenvalue weighted by atomic mass is 19.2. The van der Waals surface area contributed by atoms with Crippen molar-refractivity contribution in [1.82, 2.24) is 0 Å². The predicted molar refractivity (Wildman–Crippen MR) is 222 cm³/mol. The van der Waals surface area contributed by atoms with Gasteiger partial charge < -0.3 is 9.84 Å². The SMILES string of the molecule is Fc1c(F)c(F)c([B-](c2c(F)c(F)c(F)c(F)c2F)(c2c(F)c(F)c(F)c(F)c2F)c2c(F)c(F)c(F)c(F)c2F)c(F)c1F.O=C(O)c1cccc(OC(=O)c2ccc3ccccc3[n+]2CC(=O)c2ccccc2)c1. The lowest BCUT2D eigenvalue weighted by atomic mass is 9.12. The van der Waals surface area contributed by atoms with Crippen molar-refractivity contribution in [3.63, 3.8) is 0 Å². The lowest BCUT2D eigenvalue weighted by molar-refractivity contribution is -0.659. The van der Waals surface area contributed by atoms with Crippen LogP contribution in [0.15, 0.2) is 91.0 Å². The fourth-order valence-electron chi connectivity index (χ4n) is 8.20. The summed E-state index contributed by atoms with van der Waals surface area (Å²) in [5.74, 6) is -73.2. The molecular formula is C49H18BF20NO5. The number of benzene rings is 7. The predicted octanol–water partition coefficient (Wildman–Crippen LogP) is 9.77. The zero-order valence-corrected chi connectivity index (χ0v) is 36.5. The number of para-hydroxylation sites is 1. The molecule has 0 radical (unpaired) electrons. The number of carboxylic acids is 1. The van der Waals surface area contributed by atoms with Gasteiger partial charge >= 0.3 is 11.9 Å². The van der Waals surface area contributed by atoms with Crippen LogP contribution in [0.25, 0.3) is 10.9 Å². The normalized spacial score (nSPS) is 11.4. The zero-order chi connectivity index (χ0) is 56.2. The number of ketones is 1. The van der Waals surface area contributed by atoms with Crippen LogP contribution in [0.4, 0.5) is 87.8 Å². The van der Waals surface area contributed by atoms with Gasteiger partial charge in [0.25, 0.3) is 5.69 Å². The van der Waals surface area contributed by atoms with Crippen LogP contribution < -0.4 is 31.2 Å². The fraction of sp³-hybridized carbons (Fsp3) is 0.0204. The highest BCUT2D eigenvalue weighted by molar-refractivity contribution is 7.20. The van der Waals surface area contributed by atoms with Gasteiger partial charge in [0, 0.05) is 23.1 Å². The number of nitrogens with zero attached hydrogens (tertiary/aromatic N) is 1. The minimum Gasteiger partial charge on any atom is -0.478 e. The second-order valence-electron chi connectivity index (χ2n) is 15.7. The number of aromatic nitrogens is 1. The highest BCUT2D eigenvalue weighted by Crippen LogP contribution is 2.31. The van der Waals surface area contributed by atoms with Crippen molar-refractivity contribution < 1.29 is 117 Å². The molecule has 0 fully saturated rings. The second kappa shape index (κ2) is 20.9. The molecule has 27 heteroatoms. The summed E-state index contributed by atoms with van der Waals surface area (Å²) in [6.45, 7) is -0.0506. The minimum atomic E-state index is -7.22. The lowest BCUT2D eigenvalue weighted by Gasteiger charge is -2.44. The van der Waals surface area contributed by atoms with E-state index < -0.39 is 156 Å². The number of hydrogen-bond donors (Lipinski definition) is 1. The molecule has 8 rings (SSSR count). The first-order chi connectivity index (χ1) is 35.7. The first kappa shape index (κ1) is 55.0. The van der Waals surface area contributed by atoms with Gasteiger partial charge in [-0.3, -0.25) is 4.79 Å². The third kappa shape index (κ3) is 8.97. The highest BCUT2D eigenvalue weighted by Gasteiger charge is 2.52. The molecule has 0 bridgehead atoms. The summed E-state index contributed by atoms with van der Waals surface area (Å²) in [6.07, 6.45) is -7.22. The molecule has 0 aliphatic heterocycles. The van der Waals surface area contributed by atoms with Gasteiger partial charge in [0.15, 0.2) is 69.8 Å². The van der Waals surface area contributed by atoms with E-state index in [1.165, 1.54) is 24.3 Å². The number of pyridine rings is 1. The number of rotatable bonds is 10. The molecule has 0 atom stereocenters. The summed E-state index contributed by atoms with van der Waals surface area (Å²) in [6, 6.07) is 25.4. The number of ether oxygens (including phenoxy) is 1. The number of hydrogen-bond acceptors (Lipinski definition) is 4. The molecule has 0 amide bonds. The number of carboxylic acid groups (broad SMARTS) is 1. The maximum absolute atomic E-state index is 15.4. The van der Waals surface area contributed by atoms with Gasteiger partial charge in [-0.05, 0) is 30.3 Å². The van der Waals surface area contributed by atoms with Gasteiger partial charge in [-0.15, -0.1) is 21.9 Å². The van der Waals surface area contributed by atoms with Gasteiger partial charge in [0.1, 0.15) is 58.4 Å². The van der Waals surface area contributed by atoms with Crippen LogP contribution in [0.2, 0.25) is 0 Å². The van der Waals surface area contributed by atoms with E-state index in [9.17, 15) is 67.1 Å². The van der Waals surface area contributed by atoms with Crippen LogP contribution in [0.3, 0.4) is 0 Å². The Labute approximate surface area is 409 Å². The number of halogens is 20. The smallest absolute Gasteiger partial charge is 0.409 e. The average molecular weight is 1090 g/mol. The molecule has 0 aliphatic carbocycles. The Kier molecular flexibility index (Phi) is 15.1. The third-order valence-electron chi connectivity index (χ3n) is 11.5. The topological polar surface area (TPSA) is 84.6 Å². The monoisotopic (exact) mass is 1090 g/mol. The number of Topliss-reactive ketones (excluding diaryl/α,β-unsaturated/α-hetero) is 1. The van der Waals surface area contributed by atoms with Crippen molar-refractivity contribution in [2.75, 3.05) is 0 Å². The van der Waals surface area contributed by atoms with Crippen LogP contribution in [-0.2, 0) is 6.54 Å². The summed E-state index contributed by atoms with van der Waals surface area (Å²) in [5, 5.41) is 10.0. The summed E-state index contributed by atoms with van der Waals surface area (Å²) in [7, 11) is 0. The molecule has 0 saturated carbocycles. The molecule has 0 spiro atoms. The van der Waals surface area contributed by atoms with Crippen LogP contribution in [-0.4, -0.2) is 29.0 Å². The van der Waals surface area contributed by atoms with E-state index in [1.54, 1.807) is 41.0 Å². The van der Waals surface area contributed by atoms with Crippen LogP contribution in [0.5, 0.6) is 5.75 Å². The first-order valence-corrected chi connectivity index (χ1v) is 20.5. The van der Waals surface area contributed by atoms with E-state index in [0.29, 0.717) is 11.1 Å². The van der Waals surface area contributed by atoms with Crippen LogP contribution in [0, 0.1) is 116 Å². The Morgan fingerprint density at radius 1 is 0.395 bits per heavy atom. The van der Waals surface area contributed by atoms with E-state index >= 15 is 35.1 Å². The largest absolute Gasteiger partial charge is 0.478 e. The molecular weight excluding hydrogens is 1070 g/mol. The van der Waals surface area contributed by atoms with Crippen molar-refractivity contribution in [2.24, 2.45) is 0 Å². The Morgan fingerprint density at radius 3 is 1.12 bits per heavy atom. The van der Waals surface area contributed by atoms with E-state index in [4.69, 9.17) is 9.84 Å². The molecule has 1 aromatic heterocycles. The maximum atomic E-state index is 15.4. The first-order valence-electron chi connectivity index (χ1n) is 20.5. The summed E-state index contributed by atoms with van der Waals surface area (Å²) >= 11 is 0. The van der Waals surface area contributed by atoms with Crippen molar-refractivity contribution in [1.29, 1.82) is 0 Å². The van der Waals surface area contributed by atoms with Gasteiger partial charge in [0.2, 0.25) is 17.8 Å². The fourth-order valence-corrected chi connectivity index (χ4v) is 8.20. The van der Waals surface area contributed by atoms with Crippen molar-refractivity contribution in [2.45, 2.75) is 6.54 Å². The molecule has 0 aliphatic rings. The van der Waals surface area contributed by atoms with Gasteiger partial charge in [-0.2, -0.15) is 4.57 Å². The Hall–Kier alpha value is -8.78. The molecule has 392 valence electrons. The number of aromatic carboxylic acids is 1. The van der Waals surface area contributed by atoms with Crippen molar-refractivity contribution in [3.8, 4) is 5.75 Å². The molecule has 6 nitrogen and oxygen atoms in total. The Balaban J connectivity index is 0.000000236. The number of fused-ring (bicyclic) bond motifs is 1. The van der Waals surface area contributed by atoms with E-state index in [1.807, 2.05) is 30.3 Å². The molecule has 1 N–H and O–H groups in total. The molecule has 1 heterocycles.